The highest BCUT2D eigenvalue weighted by Gasteiger charge is 2.39. The van der Waals surface area contributed by atoms with Crippen molar-refractivity contribution in [2.45, 2.75) is 31.6 Å². The number of guanidine groups is 1. The fourth-order valence-corrected chi connectivity index (χ4v) is 5.26. The van der Waals surface area contributed by atoms with Crippen LogP contribution in [0.2, 0.25) is 0 Å². The number of rotatable bonds is 5. The van der Waals surface area contributed by atoms with Gasteiger partial charge in [0.25, 0.3) is 10.0 Å². The lowest BCUT2D eigenvalue weighted by molar-refractivity contribution is -0.117. The molecule has 4 aromatic carbocycles. The Morgan fingerprint density at radius 1 is 0.711 bits per heavy atom. The molecule has 1 amide bonds. The SMILES string of the molecule is Cc1ccc(C2C(=O)N(c3ccc(C)cc3)/C(=N/S(=O)(=O)c3ccc(C)cc3)N=C2c2ccccc2)cc1. The molecule has 190 valence electrons. The first-order chi connectivity index (χ1) is 18.2. The lowest BCUT2D eigenvalue weighted by atomic mass is 9.87. The second kappa shape index (κ2) is 10.2. The van der Waals surface area contributed by atoms with E-state index in [9.17, 15) is 13.2 Å². The zero-order chi connectivity index (χ0) is 26.9. The van der Waals surface area contributed by atoms with Gasteiger partial charge in [-0.05, 0) is 56.2 Å². The average Bonchev–Trinajstić information content (AvgIpc) is 2.91. The summed E-state index contributed by atoms with van der Waals surface area (Å²) in [5.74, 6) is -1.27. The summed E-state index contributed by atoms with van der Waals surface area (Å²) in [6.45, 7) is 5.81. The number of anilines is 1. The zero-order valence-corrected chi connectivity index (χ0v) is 22.2. The van der Waals surface area contributed by atoms with E-state index in [0.29, 0.717) is 11.4 Å². The van der Waals surface area contributed by atoms with E-state index in [2.05, 4.69) is 4.40 Å². The van der Waals surface area contributed by atoms with Gasteiger partial charge in [-0.3, -0.25) is 4.79 Å². The second-order valence-electron chi connectivity index (χ2n) is 9.40. The van der Waals surface area contributed by atoms with Crippen molar-refractivity contribution in [1.29, 1.82) is 0 Å². The van der Waals surface area contributed by atoms with Crippen LogP contribution in [0.15, 0.2) is 117 Å². The number of nitrogens with zero attached hydrogens (tertiary/aromatic N) is 3. The predicted molar refractivity (Wildman–Crippen MR) is 151 cm³/mol. The first-order valence-corrected chi connectivity index (χ1v) is 13.7. The molecule has 4 aromatic rings. The lowest BCUT2D eigenvalue weighted by Crippen LogP contribution is -2.47. The molecule has 1 heterocycles. The number of benzene rings is 4. The summed E-state index contributed by atoms with van der Waals surface area (Å²) >= 11 is 0. The molecule has 5 rings (SSSR count). The van der Waals surface area contributed by atoms with Crippen LogP contribution in [0.5, 0.6) is 0 Å². The van der Waals surface area contributed by atoms with Gasteiger partial charge in [0.1, 0.15) is 5.92 Å². The Morgan fingerprint density at radius 2 is 1.24 bits per heavy atom. The molecule has 1 aliphatic heterocycles. The maximum atomic E-state index is 14.3. The molecule has 0 aromatic heterocycles. The second-order valence-corrected chi connectivity index (χ2v) is 11.0. The summed E-state index contributed by atoms with van der Waals surface area (Å²) in [5, 5.41) is 0. The molecule has 6 nitrogen and oxygen atoms in total. The maximum Gasteiger partial charge on any atom is 0.285 e. The number of carbonyl (C=O) groups is 1. The van der Waals surface area contributed by atoms with Crippen molar-refractivity contribution in [3.8, 4) is 0 Å². The number of carbonyl (C=O) groups excluding carboxylic acids is 1. The van der Waals surface area contributed by atoms with Crippen molar-refractivity contribution >= 4 is 33.3 Å². The Morgan fingerprint density at radius 3 is 1.82 bits per heavy atom. The first kappa shape index (κ1) is 25.3. The number of sulfonamides is 1. The predicted octanol–water partition coefficient (Wildman–Crippen LogP) is 5.98. The van der Waals surface area contributed by atoms with Gasteiger partial charge in [-0.25, -0.2) is 9.89 Å². The smallest absolute Gasteiger partial charge is 0.273 e. The van der Waals surface area contributed by atoms with Gasteiger partial charge in [0.2, 0.25) is 11.9 Å². The van der Waals surface area contributed by atoms with Gasteiger partial charge in [0, 0.05) is 0 Å². The monoisotopic (exact) mass is 521 g/mol. The Labute approximate surface area is 223 Å². The molecular weight excluding hydrogens is 494 g/mol. The summed E-state index contributed by atoms with van der Waals surface area (Å²) in [6.07, 6.45) is 0. The van der Waals surface area contributed by atoms with E-state index in [1.807, 2.05) is 87.5 Å². The van der Waals surface area contributed by atoms with Crippen LogP contribution in [0.4, 0.5) is 5.69 Å². The summed E-state index contributed by atoms with van der Waals surface area (Å²) in [7, 11) is -4.16. The number of aliphatic imine (C=N–C) groups is 1. The molecule has 1 unspecified atom stereocenters. The van der Waals surface area contributed by atoms with E-state index >= 15 is 0 Å². The van der Waals surface area contributed by atoms with E-state index in [1.165, 1.54) is 17.0 Å². The average molecular weight is 522 g/mol. The van der Waals surface area contributed by atoms with Crippen LogP contribution >= 0.6 is 0 Å². The summed E-state index contributed by atoms with van der Waals surface area (Å²) in [4.78, 5) is 20.4. The first-order valence-electron chi connectivity index (χ1n) is 12.3. The van der Waals surface area contributed by atoms with E-state index < -0.39 is 15.9 Å². The normalized spacial score (nSPS) is 17.0. The quantitative estimate of drug-likeness (QED) is 0.324. The van der Waals surface area contributed by atoms with Gasteiger partial charge in [0.15, 0.2) is 0 Å². The maximum absolute atomic E-state index is 14.3. The van der Waals surface area contributed by atoms with Gasteiger partial charge in [-0.2, -0.15) is 8.42 Å². The van der Waals surface area contributed by atoms with Crippen LogP contribution in [0.25, 0.3) is 0 Å². The number of hydrogen-bond acceptors (Lipinski definition) is 3. The Kier molecular flexibility index (Phi) is 6.78. The largest absolute Gasteiger partial charge is 0.285 e. The third-order valence-electron chi connectivity index (χ3n) is 6.45. The highest BCUT2D eigenvalue weighted by Crippen LogP contribution is 2.32. The Bertz CT molecular complexity index is 1640. The van der Waals surface area contributed by atoms with Crippen LogP contribution in [0.1, 0.15) is 33.7 Å². The number of hydrogen-bond donors (Lipinski definition) is 0. The van der Waals surface area contributed by atoms with Crippen molar-refractivity contribution in [2.24, 2.45) is 9.39 Å². The van der Waals surface area contributed by atoms with Crippen molar-refractivity contribution < 1.29 is 13.2 Å². The molecular formula is C31H27N3O3S. The Hall–Kier alpha value is -4.36. The highest BCUT2D eigenvalue weighted by molar-refractivity contribution is 7.90. The van der Waals surface area contributed by atoms with Crippen molar-refractivity contribution in [3.63, 3.8) is 0 Å². The summed E-state index contributed by atoms with van der Waals surface area (Å²) < 4.78 is 30.9. The van der Waals surface area contributed by atoms with Gasteiger partial charge in [-0.15, -0.1) is 4.40 Å². The molecule has 0 fully saturated rings. The zero-order valence-electron chi connectivity index (χ0n) is 21.4. The van der Waals surface area contributed by atoms with Gasteiger partial charge in [0.05, 0.1) is 16.3 Å². The number of aryl methyl sites for hydroxylation is 3. The lowest BCUT2D eigenvalue weighted by Gasteiger charge is -2.32. The fraction of sp³-hybridized carbons (Fsp3) is 0.129. The molecule has 0 saturated carbocycles. The van der Waals surface area contributed by atoms with Crippen molar-refractivity contribution in [2.75, 3.05) is 4.90 Å². The Balaban J connectivity index is 1.76. The van der Waals surface area contributed by atoms with Crippen LogP contribution in [0.3, 0.4) is 0 Å². The molecule has 0 radical (unpaired) electrons. The van der Waals surface area contributed by atoms with Crippen molar-refractivity contribution in [3.05, 3.63) is 131 Å². The van der Waals surface area contributed by atoms with Crippen LogP contribution < -0.4 is 4.90 Å². The third kappa shape index (κ3) is 5.06. The van der Waals surface area contributed by atoms with Crippen molar-refractivity contribution in [1.82, 2.24) is 0 Å². The van der Waals surface area contributed by atoms with Gasteiger partial charge >= 0.3 is 0 Å². The highest BCUT2D eigenvalue weighted by atomic mass is 32.2. The summed E-state index contributed by atoms with van der Waals surface area (Å²) in [6, 6.07) is 30.8. The molecule has 0 aliphatic carbocycles. The van der Waals surface area contributed by atoms with E-state index in [4.69, 9.17) is 4.99 Å². The minimum Gasteiger partial charge on any atom is -0.273 e. The van der Waals surface area contributed by atoms with Crippen LogP contribution in [-0.4, -0.2) is 26.0 Å². The summed E-state index contributed by atoms with van der Waals surface area (Å²) in [5.41, 5.74) is 5.42. The molecule has 7 heteroatoms. The molecule has 0 bridgehead atoms. The number of amides is 1. The minimum atomic E-state index is -4.16. The standard InChI is InChI=1S/C31H27N3O3S/c1-21-9-15-24(16-10-21)28-29(25-7-5-4-6-8-25)32-31(33-38(36,37)27-19-13-23(3)14-20-27)34(30(28)35)26-17-11-22(2)12-18-26/h4-20,28H,1-3H3/b33-31+. The molecule has 1 atom stereocenters. The molecule has 0 saturated heterocycles. The van der Waals surface area contributed by atoms with Gasteiger partial charge in [-0.1, -0.05) is 95.6 Å². The van der Waals surface area contributed by atoms with E-state index in [0.717, 1.165) is 27.8 Å². The molecule has 0 spiro atoms. The van der Waals surface area contributed by atoms with Crippen LogP contribution in [-0.2, 0) is 14.8 Å². The van der Waals surface area contributed by atoms with Crippen LogP contribution in [0, 0.1) is 20.8 Å². The fourth-order valence-electron chi connectivity index (χ4n) is 4.33. The van der Waals surface area contributed by atoms with E-state index in [1.54, 1.807) is 24.3 Å². The third-order valence-corrected chi connectivity index (χ3v) is 7.73. The van der Waals surface area contributed by atoms with E-state index in [-0.39, 0.29) is 16.8 Å². The topological polar surface area (TPSA) is 79.2 Å². The molecule has 1 aliphatic rings. The van der Waals surface area contributed by atoms with Gasteiger partial charge < -0.3 is 0 Å². The molecule has 38 heavy (non-hydrogen) atoms. The minimum absolute atomic E-state index is 0.0315. The molecule has 0 N–H and O–H groups in total.